The van der Waals surface area contributed by atoms with Gasteiger partial charge in [0.15, 0.2) is 5.82 Å². The molecule has 0 aliphatic carbocycles. The summed E-state index contributed by atoms with van der Waals surface area (Å²) in [6, 6.07) is 6.41. The first-order valence-electron chi connectivity index (χ1n) is 5.92. The molecule has 96 valence electrons. The zero-order valence-corrected chi connectivity index (χ0v) is 10.6. The average Bonchev–Trinajstić information content (AvgIpc) is 2.79. The summed E-state index contributed by atoms with van der Waals surface area (Å²) in [6.45, 7) is 4.55. The van der Waals surface area contributed by atoms with Crippen LogP contribution in [0.2, 0.25) is 0 Å². The van der Waals surface area contributed by atoms with E-state index in [0.717, 1.165) is 11.4 Å². The van der Waals surface area contributed by atoms with E-state index in [1.165, 1.54) is 12.1 Å². The third-order valence-corrected chi connectivity index (χ3v) is 3.04. The summed E-state index contributed by atoms with van der Waals surface area (Å²) >= 11 is 0. The van der Waals surface area contributed by atoms with Gasteiger partial charge in [-0.2, -0.15) is 5.10 Å². The number of aromatic nitrogens is 3. The quantitative estimate of drug-likeness (QED) is 0.866. The maximum absolute atomic E-state index is 12.9. The predicted molar refractivity (Wildman–Crippen MR) is 67.7 cm³/mol. The maximum atomic E-state index is 12.9. The van der Waals surface area contributed by atoms with E-state index in [4.69, 9.17) is 5.73 Å². The summed E-state index contributed by atoms with van der Waals surface area (Å²) in [5.74, 6) is 1.23. The van der Waals surface area contributed by atoms with Crippen LogP contribution in [0.5, 0.6) is 0 Å². The Morgan fingerprint density at radius 3 is 2.56 bits per heavy atom. The number of nitrogens with zero attached hydrogens (tertiary/aromatic N) is 2. The van der Waals surface area contributed by atoms with E-state index in [1.807, 2.05) is 13.8 Å². The molecule has 0 saturated carbocycles. The number of nitrogens with two attached hydrogens (primary N) is 1. The van der Waals surface area contributed by atoms with Gasteiger partial charge in [0.05, 0.1) is 5.41 Å². The highest BCUT2D eigenvalue weighted by molar-refractivity contribution is 5.30. The standard InChI is InChI=1S/C13H17FN4/c1-13(2,9-3-5-10(14)6-4-9)12-16-11(7-8-15)17-18-12/h3-6H,7-8,15H2,1-2H3,(H,16,17,18). The zero-order valence-electron chi connectivity index (χ0n) is 10.6. The molecule has 0 aliphatic rings. The van der Waals surface area contributed by atoms with Crippen LogP contribution in [0, 0.1) is 5.82 Å². The number of hydrogen-bond acceptors (Lipinski definition) is 3. The number of rotatable bonds is 4. The second-order valence-corrected chi connectivity index (χ2v) is 4.78. The molecule has 18 heavy (non-hydrogen) atoms. The van der Waals surface area contributed by atoms with Gasteiger partial charge in [0.1, 0.15) is 11.6 Å². The van der Waals surface area contributed by atoms with Gasteiger partial charge in [-0.25, -0.2) is 9.37 Å². The molecule has 3 N–H and O–H groups in total. The second-order valence-electron chi connectivity index (χ2n) is 4.78. The van der Waals surface area contributed by atoms with Crippen molar-refractivity contribution >= 4 is 0 Å². The van der Waals surface area contributed by atoms with Gasteiger partial charge in [-0.3, -0.25) is 5.10 Å². The lowest BCUT2D eigenvalue weighted by molar-refractivity contribution is 0.585. The number of benzene rings is 1. The first kappa shape index (κ1) is 12.7. The van der Waals surface area contributed by atoms with Crippen LogP contribution >= 0.6 is 0 Å². The van der Waals surface area contributed by atoms with Gasteiger partial charge >= 0.3 is 0 Å². The van der Waals surface area contributed by atoms with Crippen molar-refractivity contribution in [1.82, 2.24) is 15.2 Å². The summed E-state index contributed by atoms with van der Waals surface area (Å²) in [5.41, 5.74) is 6.09. The Bertz CT molecular complexity index is 516. The molecule has 1 aromatic heterocycles. The normalized spacial score (nSPS) is 11.8. The second kappa shape index (κ2) is 4.86. The fourth-order valence-corrected chi connectivity index (χ4v) is 1.82. The first-order valence-corrected chi connectivity index (χ1v) is 5.92. The highest BCUT2D eigenvalue weighted by Crippen LogP contribution is 2.28. The van der Waals surface area contributed by atoms with Crippen LogP contribution < -0.4 is 5.73 Å². The third kappa shape index (κ3) is 2.41. The highest BCUT2D eigenvalue weighted by Gasteiger charge is 2.27. The Hall–Kier alpha value is -1.75. The summed E-state index contributed by atoms with van der Waals surface area (Å²) in [6.07, 6.45) is 0.673. The van der Waals surface area contributed by atoms with Crippen molar-refractivity contribution in [1.29, 1.82) is 0 Å². The maximum Gasteiger partial charge on any atom is 0.160 e. The lowest BCUT2D eigenvalue weighted by atomic mass is 9.84. The van der Waals surface area contributed by atoms with Crippen molar-refractivity contribution in [2.24, 2.45) is 5.73 Å². The Morgan fingerprint density at radius 2 is 1.94 bits per heavy atom. The van der Waals surface area contributed by atoms with Gasteiger partial charge in [-0.15, -0.1) is 0 Å². The van der Waals surface area contributed by atoms with Gasteiger partial charge < -0.3 is 5.73 Å². The molecule has 0 spiro atoms. The minimum atomic E-state index is -0.364. The SMILES string of the molecule is CC(C)(c1ccc(F)cc1)c1n[nH]c(CCN)n1. The van der Waals surface area contributed by atoms with Gasteiger partial charge in [0.2, 0.25) is 0 Å². The van der Waals surface area contributed by atoms with Crippen molar-refractivity contribution < 1.29 is 4.39 Å². The van der Waals surface area contributed by atoms with E-state index in [-0.39, 0.29) is 11.2 Å². The largest absolute Gasteiger partial charge is 0.330 e. The molecule has 1 heterocycles. The smallest absolute Gasteiger partial charge is 0.160 e. The molecule has 0 atom stereocenters. The van der Waals surface area contributed by atoms with Crippen LogP contribution in [0.4, 0.5) is 4.39 Å². The molecule has 0 unspecified atom stereocenters. The molecule has 5 heteroatoms. The minimum absolute atomic E-state index is 0.242. The van der Waals surface area contributed by atoms with Gasteiger partial charge in [-0.05, 0) is 38.1 Å². The van der Waals surface area contributed by atoms with Crippen LogP contribution in [0.15, 0.2) is 24.3 Å². The van der Waals surface area contributed by atoms with Gasteiger partial charge in [0, 0.05) is 6.42 Å². The summed E-state index contributed by atoms with van der Waals surface area (Å²) in [7, 11) is 0. The third-order valence-electron chi connectivity index (χ3n) is 3.04. The molecule has 0 radical (unpaired) electrons. The highest BCUT2D eigenvalue weighted by atomic mass is 19.1. The minimum Gasteiger partial charge on any atom is -0.330 e. The Labute approximate surface area is 105 Å². The Morgan fingerprint density at radius 1 is 1.28 bits per heavy atom. The molecule has 2 rings (SSSR count). The van der Waals surface area contributed by atoms with Crippen molar-refractivity contribution in [3.63, 3.8) is 0 Å². The van der Waals surface area contributed by atoms with Gasteiger partial charge in [0.25, 0.3) is 0 Å². The molecule has 4 nitrogen and oxygen atoms in total. The fraction of sp³-hybridized carbons (Fsp3) is 0.385. The monoisotopic (exact) mass is 248 g/mol. The van der Waals surface area contributed by atoms with Crippen LogP contribution in [0.3, 0.4) is 0 Å². The van der Waals surface area contributed by atoms with Crippen molar-refractivity contribution in [2.45, 2.75) is 25.7 Å². The van der Waals surface area contributed by atoms with Crippen molar-refractivity contribution in [2.75, 3.05) is 6.54 Å². The molecule has 0 fully saturated rings. The van der Waals surface area contributed by atoms with E-state index >= 15 is 0 Å². The molecule has 0 saturated heterocycles. The molecule has 1 aromatic carbocycles. The average molecular weight is 248 g/mol. The molecule has 2 aromatic rings. The summed E-state index contributed by atoms with van der Waals surface area (Å²) < 4.78 is 12.9. The first-order chi connectivity index (χ1) is 8.54. The molecular weight excluding hydrogens is 231 g/mol. The van der Waals surface area contributed by atoms with Crippen LogP contribution in [0.25, 0.3) is 0 Å². The fourth-order valence-electron chi connectivity index (χ4n) is 1.82. The van der Waals surface area contributed by atoms with Crippen molar-refractivity contribution in [3.8, 4) is 0 Å². The number of H-pyrrole nitrogens is 1. The van der Waals surface area contributed by atoms with E-state index in [0.29, 0.717) is 18.8 Å². The Kier molecular flexibility index (Phi) is 3.43. The van der Waals surface area contributed by atoms with E-state index in [9.17, 15) is 4.39 Å². The van der Waals surface area contributed by atoms with Crippen LogP contribution in [-0.2, 0) is 11.8 Å². The molecule has 0 aliphatic heterocycles. The number of aromatic amines is 1. The summed E-state index contributed by atoms with van der Waals surface area (Å²) in [5, 5.41) is 7.10. The van der Waals surface area contributed by atoms with Crippen LogP contribution in [0.1, 0.15) is 31.1 Å². The van der Waals surface area contributed by atoms with E-state index in [1.54, 1.807) is 12.1 Å². The van der Waals surface area contributed by atoms with Crippen molar-refractivity contribution in [3.05, 3.63) is 47.3 Å². The molecular formula is C13H17FN4. The number of hydrogen-bond donors (Lipinski definition) is 2. The van der Waals surface area contributed by atoms with Crippen LogP contribution in [-0.4, -0.2) is 21.7 Å². The predicted octanol–water partition coefficient (Wildman–Crippen LogP) is 1.77. The van der Waals surface area contributed by atoms with E-state index in [2.05, 4.69) is 15.2 Å². The summed E-state index contributed by atoms with van der Waals surface area (Å²) in [4.78, 5) is 4.43. The molecule has 0 bridgehead atoms. The number of halogens is 1. The number of nitrogens with one attached hydrogen (secondary N) is 1. The zero-order chi connectivity index (χ0) is 13.2. The lowest BCUT2D eigenvalue weighted by Gasteiger charge is -2.21. The Balaban J connectivity index is 2.31. The van der Waals surface area contributed by atoms with Gasteiger partial charge in [-0.1, -0.05) is 12.1 Å². The van der Waals surface area contributed by atoms with E-state index < -0.39 is 0 Å². The molecule has 0 amide bonds. The lowest BCUT2D eigenvalue weighted by Crippen LogP contribution is -2.21. The topological polar surface area (TPSA) is 67.6 Å².